The molecular formula is C28H22F2N6O. The van der Waals surface area contributed by atoms with E-state index < -0.39 is 17.7 Å². The van der Waals surface area contributed by atoms with Gasteiger partial charge in [0.1, 0.15) is 12.1 Å². The van der Waals surface area contributed by atoms with Crippen LogP contribution < -0.4 is 5.32 Å². The number of pyridine rings is 2. The molecule has 7 nitrogen and oxygen atoms in total. The molecule has 0 atom stereocenters. The molecule has 1 N–H and O–H groups in total. The van der Waals surface area contributed by atoms with E-state index in [1.54, 1.807) is 37.5 Å². The van der Waals surface area contributed by atoms with Crippen LogP contribution in [0.25, 0.3) is 33.3 Å². The van der Waals surface area contributed by atoms with Crippen molar-refractivity contribution in [3.05, 3.63) is 102 Å². The van der Waals surface area contributed by atoms with E-state index in [1.165, 1.54) is 29.4 Å². The summed E-state index contributed by atoms with van der Waals surface area (Å²) in [4.78, 5) is 31.4. The van der Waals surface area contributed by atoms with E-state index in [0.717, 1.165) is 16.6 Å². The highest BCUT2D eigenvalue weighted by atomic mass is 19.1. The Kier molecular flexibility index (Phi) is 6.51. The van der Waals surface area contributed by atoms with E-state index in [9.17, 15) is 9.18 Å². The number of nitrogens with one attached hydrogen (secondary N) is 1. The van der Waals surface area contributed by atoms with Crippen LogP contribution in [0.15, 0.2) is 79.3 Å². The number of fused-ring (bicyclic) bond motifs is 1. The van der Waals surface area contributed by atoms with Gasteiger partial charge in [0.05, 0.1) is 23.4 Å². The number of aryl methyl sites for hydroxylation is 1. The van der Waals surface area contributed by atoms with Crippen LogP contribution in [0.1, 0.15) is 11.4 Å². The van der Waals surface area contributed by atoms with Crippen molar-refractivity contribution in [3.63, 3.8) is 0 Å². The number of amides is 2. The number of anilines is 1. The number of rotatable bonds is 5. The zero-order chi connectivity index (χ0) is 25.9. The third kappa shape index (κ3) is 5.11. The second kappa shape index (κ2) is 10.1. The summed E-state index contributed by atoms with van der Waals surface area (Å²) < 4.78 is 29.0. The van der Waals surface area contributed by atoms with Crippen molar-refractivity contribution < 1.29 is 13.6 Å². The Hall–Kier alpha value is -4.79. The summed E-state index contributed by atoms with van der Waals surface area (Å²) in [7, 11) is 1.58. The van der Waals surface area contributed by atoms with Gasteiger partial charge in [-0.2, -0.15) is 0 Å². The second-order valence-corrected chi connectivity index (χ2v) is 8.52. The topological polar surface area (TPSA) is 83.9 Å². The fourth-order valence-corrected chi connectivity index (χ4v) is 3.98. The monoisotopic (exact) mass is 496 g/mol. The van der Waals surface area contributed by atoms with Gasteiger partial charge >= 0.3 is 6.03 Å². The molecule has 5 rings (SSSR count). The lowest BCUT2D eigenvalue weighted by atomic mass is 9.97. The van der Waals surface area contributed by atoms with Crippen molar-refractivity contribution >= 4 is 22.8 Å². The number of carbonyl (C=O) groups is 1. The van der Waals surface area contributed by atoms with Crippen molar-refractivity contribution in [2.24, 2.45) is 0 Å². The first-order valence-electron chi connectivity index (χ1n) is 11.5. The molecular weight excluding hydrogens is 474 g/mol. The smallest absolute Gasteiger partial charge is 0.322 e. The average Bonchev–Trinajstić information content (AvgIpc) is 2.91. The molecule has 0 aliphatic heterocycles. The summed E-state index contributed by atoms with van der Waals surface area (Å²) in [6.45, 7) is 2.10. The number of nitrogens with zero attached hydrogens (tertiary/aromatic N) is 5. The Bertz CT molecular complexity index is 1590. The van der Waals surface area contributed by atoms with Gasteiger partial charge in [0.25, 0.3) is 0 Å². The van der Waals surface area contributed by atoms with E-state index in [4.69, 9.17) is 0 Å². The molecule has 0 unspecified atom stereocenters. The molecule has 184 valence electrons. The Morgan fingerprint density at radius 1 is 0.946 bits per heavy atom. The minimum Gasteiger partial charge on any atom is -0.322 e. The minimum atomic E-state index is -0.707. The number of carbonyl (C=O) groups excluding carboxylic acids is 1. The standard InChI is InChI=1S/C28H22F2N6O/c1-17-22-13-19(8-11-25(22)33-16-32-17)23-14-24(30)27(34-26(23)18-6-9-20(29)10-7-18)35-28(37)36(2)15-21-5-3-4-12-31-21/h3-14,16H,15H2,1-2H3,(H,34,35,37). The van der Waals surface area contributed by atoms with Gasteiger partial charge in [-0.3, -0.25) is 10.3 Å². The molecule has 0 saturated heterocycles. The summed E-state index contributed by atoms with van der Waals surface area (Å²) in [5.74, 6) is -1.35. The second-order valence-electron chi connectivity index (χ2n) is 8.52. The molecule has 3 heterocycles. The highest BCUT2D eigenvalue weighted by Gasteiger charge is 2.19. The van der Waals surface area contributed by atoms with E-state index >= 15 is 4.39 Å². The fourth-order valence-electron chi connectivity index (χ4n) is 3.98. The summed E-state index contributed by atoms with van der Waals surface area (Å²) in [6, 6.07) is 17.4. The average molecular weight is 497 g/mol. The predicted molar refractivity (Wildman–Crippen MR) is 138 cm³/mol. The molecule has 0 radical (unpaired) electrons. The lowest BCUT2D eigenvalue weighted by Crippen LogP contribution is -2.31. The maximum Gasteiger partial charge on any atom is 0.323 e. The molecule has 3 aromatic heterocycles. The van der Waals surface area contributed by atoms with E-state index in [2.05, 4.69) is 25.3 Å². The molecule has 2 aromatic carbocycles. The number of hydrogen-bond acceptors (Lipinski definition) is 5. The first-order valence-corrected chi connectivity index (χ1v) is 11.5. The highest BCUT2D eigenvalue weighted by molar-refractivity contribution is 5.92. The number of halogens is 2. The zero-order valence-electron chi connectivity index (χ0n) is 20.1. The van der Waals surface area contributed by atoms with Crippen molar-refractivity contribution in [1.29, 1.82) is 0 Å². The van der Waals surface area contributed by atoms with Gasteiger partial charge in [-0.05, 0) is 67.1 Å². The van der Waals surface area contributed by atoms with E-state index in [1.807, 2.05) is 31.2 Å². The number of hydrogen-bond donors (Lipinski definition) is 1. The third-order valence-electron chi connectivity index (χ3n) is 5.94. The van der Waals surface area contributed by atoms with Crippen LogP contribution in [0, 0.1) is 18.6 Å². The first kappa shape index (κ1) is 23.9. The Labute approximate surface area is 211 Å². The summed E-state index contributed by atoms with van der Waals surface area (Å²) in [6.07, 6.45) is 3.13. The minimum absolute atomic E-state index is 0.232. The molecule has 5 aromatic rings. The number of benzene rings is 2. The van der Waals surface area contributed by atoms with Crippen LogP contribution >= 0.6 is 0 Å². The molecule has 0 bridgehead atoms. The van der Waals surface area contributed by atoms with Crippen molar-refractivity contribution in [2.45, 2.75) is 13.5 Å². The molecule has 0 aliphatic rings. The molecule has 0 spiro atoms. The SMILES string of the molecule is Cc1ncnc2ccc(-c3cc(F)c(NC(=O)N(C)Cc4ccccn4)nc3-c3ccc(F)cc3)cc12. The van der Waals surface area contributed by atoms with Gasteiger partial charge < -0.3 is 4.90 Å². The van der Waals surface area contributed by atoms with Crippen LogP contribution in [0.3, 0.4) is 0 Å². The van der Waals surface area contributed by atoms with Crippen LogP contribution in [0.5, 0.6) is 0 Å². The zero-order valence-corrected chi connectivity index (χ0v) is 20.1. The summed E-state index contributed by atoms with van der Waals surface area (Å²) >= 11 is 0. The van der Waals surface area contributed by atoms with Crippen LogP contribution in [0.2, 0.25) is 0 Å². The third-order valence-corrected chi connectivity index (χ3v) is 5.94. The lowest BCUT2D eigenvalue weighted by molar-refractivity contribution is 0.220. The Morgan fingerprint density at radius 3 is 2.49 bits per heavy atom. The first-order chi connectivity index (χ1) is 17.9. The van der Waals surface area contributed by atoms with Gasteiger partial charge in [-0.25, -0.2) is 28.5 Å². The molecule has 2 amide bonds. The van der Waals surface area contributed by atoms with Crippen LogP contribution in [-0.4, -0.2) is 37.9 Å². The molecule has 9 heteroatoms. The molecule has 0 fully saturated rings. The van der Waals surface area contributed by atoms with Gasteiger partial charge in [0.2, 0.25) is 0 Å². The van der Waals surface area contributed by atoms with Gasteiger partial charge in [0, 0.05) is 35.5 Å². The van der Waals surface area contributed by atoms with Crippen molar-refractivity contribution in [3.8, 4) is 22.4 Å². The Balaban J connectivity index is 1.55. The predicted octanol–water partition coefficient (Wildman–Crippen LogP) is 6.00. The van der Waals surface area contributed by atoms with Crippen molar-refractivity contribution in [1.82, 2.24) is 24.8 Å². The van der Waals surface area contributed by atoms with E-state index in [0.29, 0.717) is 28.1 Å². The van der Waals surface area contributed by atoms with Crippen LogP contribution in [-0.2, 0) is 6.54 Å². The largest absolute Gasteiger partial charge is 0.323 e. The normalized spacial score (nSPS) is 10.9. The maximum atomic E-state index is 15.3. The lowest BCUT2D eigenvalue weighted by Gasteiger charge is -2.19. The van der Waals surface area contributed by atoms with Crippen LogP contribution in [0.4, 0.5) is 19.4 Å². The Morgan fingerprint density at radius 2 is 1.73 bits per heavy atom. The highest BCUT2D eigenvalue weighted by Crippen LogP contribution is 2.35. The van der Waals surface area contributed by atoms with Crippen molar-refractivity contribution in [2.75, 3.05) is 12.4 Å². The van der Waals surface area contributed by atoms with Gasteiger partial charge in [-0.1, -0.05) is 12.1 Å². The van der Waals surface area contributed by atoms with Gasteiger partial charge in [-0.15, -0.1) is 0 Å². The van der Waals surface area contributed by atoms with E-state index in [-0.39, 0.29) is 12.4 Å². The maximum absolute atomic E-state index is 15.3. The summed E-state index contributed by atoms with van der Waals surface area (Å²) in [5.41, 5.74) is 4.34. The molecule has 0 aliphatic carbocycles. The summed E-state index contributed by atoms with van der Waals surface area (Å²) in [5, 5.41) is 3.37. The quantitative estimate of drug-likeness (QED) is 0.322. The number of urea groups is 1. The number of aromatic nitrogens is 4. The molecule has 37 heavy (non-hydrogen) atoms. The molecule has 0 saturated carbocycles. The van der Waals surface area contributed by atoms with Gasteiger partial charge in [0.15, 0.2) is 11.6 Å². The fraction of sp³-hybridized carbons (Fsp3) is 0.107.